The number of hydrogen-bond acceptors (Lipinski definition) is 3. The van der Waals surface area contributed by atoms with Gasteiger partial charge in [-0.3, -0.25) is 9.48 Å². The van der Waals surface area contributed by atoms with Crippen molar-refractivity contribution in [3.05, 3.63) is 53.9 Å². The summed E-state index contributed by atoms with van der Waals surface area (Å²) >= 11 is 1.54. The van der Waals surface area contributed by atoms with Gasteiger partial charge in [-0.2, -0.15) is 5.10 Å². The van der Waals surface area contributed by atoms with E-state index in [2.05, 4.69) is 40.7 Å². The van der Waals surface area contributed by atoms with Gasteiger partial charge in [0, 0.05) is 11.9 Å². The van der Waals surface area contributed by atoms with Crippen LogP contribution in [0.1, 0.15) is 11.4 Å². The number of thioether (sulfide) groups is 1. The fourth-order valence-electron chi connectivity index (χ4n) is 2.54. The topological polar surface area (TPSA) is 46.9 Å². The van der Waals surface area contributed by atoms with E-state index in [-0.39, 0.29) is 5.91 Å². The lowest BCUT2D eigenvalue weighted by molar-refractivity contribution is -0.113. The van der Waals surface area contributed by atoms with Gasteiger partial charge in [0.15, 0.2) is 0 Å². The fourth-order valence-corrected chi connectivity index (χ4v) is 3.28. The van der Waals surface area contributed by atoms with E-state index in [9.17, 15) is 4.79 Å². The zero-order valence-corrected chi connectivity index (χ0v) is 14.3. The molecule has 0 saturated heterocycles. The van der Waals surface area contributed by atoms with Gasteiger partial charge in [-0.1, -0.05) is 30.3 Å². The number of carbonyl (C=O) groups excluding carboxylic acids is 1. The van der Waals surface area contributed by atoms with Crippen LogP contribution in [0.15, 0.2) is 47.4 Å². The third-order valence-corrected chi connectivity index (χ3v) is 4.86. The molecule has 0 fully saturated rings. The van der Waals surface area contributed by atoms with E-state index < -0.39 is 0 Å². The number of amides is 1. The normalized spacial score (nSPS) is 10.9. The quantitative estimate of drug-likeness (QED) is 0.740. The van der Waals surface area contributed by atoms with Crippen LogP contribution in [0.5, 0.6) is 0 Å². The first-order valence-electron chi connectivity index (χ1n) is 7.46. The average molecular weight is 325 g/mol. The minimum Gasteiger partial charge on any atom is -0.322 e. The Hall–Kier alpha value is -2.27. The molecule has 1 N–H and O–H groups in total. The minimum atomic E-state index is -0.0117. The van der Waals surface area contributed by atoms with Crippen molar-refractivity contribution in [3.63, 3.8) is 0 Å². The molecule has 0 spiro atoms. The molecule has 0 saturated carbocycles. The van der Waals surface area contributed by atoms with Gasteiger partial charge in [0.25, 0.3) is 0 Å². The molecule has 0 radical (unpaired) electrons. The van der Waals surface area contributed by atoms with Crippen molar-refractivity contribution in [1.29, 1.82) is 0 Å². The Balaban J connectivity index is 1.66. The van der Waals surface area contributed by atoms with Crippen molar-refractivity contribution < 1.29 is 4.79 Å². The number of nitrogens with zero attached hydrogens (tertiary/aromatic N) is 2. The molecule has 3 aromatic rings. The van der Waals surface area contributed by atoms with Crippen LogP contribution in [0.3, 0.4) is 0 Å². The maximum atomic E-state index is 12.2. The van der Waals surface area contributed by atoms with E-state index in [1.165, 1.54) is 10.8 Å². The largest absolute Gasteiger partial charge is 0.322 e. The van der Waals surface area contributed by atoms with Crippen LogP contribution < -0.4 is 5.32 Å². The second-order valence-corrected chi connectivity index (χ2v) is 6.56. The molecule has 1 amide bonds. The predicted molar refractivity (Wildman–Crippen MR) is 96.0 cm³/mol. The molecule has 0 aliphatic heterocycles. The van der Waals surface area contributed by atoms with Crippen molar-refractivity contribution in [1.82, 2.24) is 9.78 Å². The molecule has 4 nitrogen and oxygen atoms in total. The van der Waals surface area contributed by atoms with Crippen LogP contribution in [0.2, 0.25) is 0 Å². The summed E-state index contributed by atoms with van der Waals surface area (Å²) in [6.45, 7) is 3.85. The van der Waals surface area contributed by atoms with E-state index in [0.29, 0.717) is 5.75 Å². The fraction of sp³-hybridized carbons (Fsp3) is 0.222. The third kappa shape index (κ3) is 3.40. The first kappa shape index (κ1) is 15.6. The summed E-state index contributed by atoms with van der Waals surface area (Å²) in [5.41, 5.74) is 2.62. The Kier molecular flexibility index (Phi) is 4.39. The number of rotatable bonds is 4. The van der Waals surface area contributed by atoms with Crippen molar-refractivity contribution in [2.45, 2.75) is 18.7 Å². The SMILES string of the molecule is Cc1nn(C)c(C)c1NC(=O)CSc1ccc2ccccc2c1. The highest BCUT2D eigenvalue weighted by Gasteiger charge is 2.12. The van der Waals surface area contributed by atoms with Gasteiger partial charge in [-0.05, 0) is 36.8 Å². The van der Waals surface area contributed by atoms with Gasteiger partial charge in [-0.25, -0.2) is 0 Å². The molecule has 0 atom stereocenters. The highest BCUT2D eigenvalue weighted by atomic mass is 32.2. The molecular weight excluding hydrogens is 306 g/mol. The first-order valence-corrected chi connectivity index (χ1v) is 8.45. The summed E-state index contributed by atoms with van der Waals surface area (Å²) < 4.78 is 1.78. The van der Waals surface area contributed by atoms with Crippen LogP contribution >= 0.6 is 11.8 Å². The number of anilines is 1. The van der Waals surface area contributed by atoms with Gasteiger partial charge in [-0.15, -0.1) is 11.8 Å². The Morgan fingerprint density at radius 3 is 2.61 bits per heavy atom. The monoisotopic (exact) mass is 325 g/mol. The first-order chi connectivity index (χ1) is 11.0. The van der Waals surface area contributed by atoms with E-state index >= 15 is 0 Å². The zero-order valence-electron chi connectivity index (χ0n) is 13.5. The number of aromatic nitrogens is 2. The summed E-state index contributed by atoms with van der Waals surface area (Å²) in [6.07, 6.45) is 0. The molecule has 23 heavy (non-hydrogen) atoms. The van der Waals surface area contributed by atoms with Gasteiger partial charge in [0.1, 0.15) is 0 Å². The van der Waals surface area contributed by atoms with E-state index in [1.807, 2.05) is 33.0 Å². The molecule has 0 bridgehead atoms. The van der Waals surface area contributed by atoms with Crippen molar-refractivity contribution in [2.75, 3.05) is 11.1 Å². The number of hydrogen-bond donors (Lipinski definition) is 1. The second-order valence-electron chi connectivity index (χ2n) is 5.52. The van der Waals surface area contributed by atoms with Gasteiger partial charge >= 0.3 is 0 Å². The van der Waals surface area contributed by atoms with Gasteiger partial charge < -0.3 is 5.32 Å². The van der Waals surface area contributed by atoms with E-state index in [0.717, 1.165) is 22.0 Å². The maximum Gasteiger partial charge on any atom is 0.234 e. The predicted octanol–water partition coefficient (Wildman–Crippen LogP) is 3.92. The lowest BCUT2D eigenvalue weighted by Gasteiger charge is -2.06. The van der Waals surface area contributed by atoms with E-state index in [1.54, 1.807) is 16.4 Å². The van der Waals surface area contributed by atoms with Crippen LogP contribution in [-0.4, -0.2) is 21.4 Å². The Morgan fingerprint density at radius 2 is 1.91 bits per heavy atom. The molecule has 2 aromatic carbocycles. The van der Waals surface area contributed by atoms with E-state index in [4.69, 9.17) is 0 Å². The number of aryl methyl sites for hydroxylation is 2. The number of nitrogens with one attached hydrogen (secondary N) is 1. The Labute approximate surface area is 139 Å². The smallest absolute Gasteiger partial charge is 0.234 e. The molecule has 0 aliphatic carbocycles. The van der Waals surface area contributed by atoms with Crippen LogP contribution in [0, 0.1) is 13.8 Å². The van der Waals surface area contributed by atoms with Crippen molar-refractivity contribution >= 4 is 34.1 Å². The molecule has 0 unspecified atom stereocenters. The molecule has 3 rings (SSSR count). The lowest BCUT2D eigenvalue weighted by atomic mass is 10.1. The molecule has 0 aliphatic rings. The molecular formula is C18H19N3OS. The number of fused-ring (bicyclic) bond motifs is 1. The summed E-state index contributed by atoms with van der Waals surface area (Å²) in [4.78, 5) is 13.3. The highest BCUT2D eigenvalue weighted by molar-refractivity contribution is 8.00. The summed E-state index contributed by atoms with van der Waals surface area (Å²) in [6, 6.07) is 14.5. The lowest BCUT2D eigenvalue weighted by Crippen LogP contribution is -2.15. The van der Waals surface area contributed by atoms with Gasteiger partial charge in [0.2, 0.25) is 5.91 Å². The maximum absolute atomic E-state index is 12.2. The molecule has 1 heterocycles. The van der Waals surface area contributed by atoms with Gasteiger partial charge in [0.05, 0.1) is 22.8 Å². The Bertz CT molecular complexity index is 870. The van der Waals surface area contributed by atoms with Crippen LogP contribution in [-0.2, 0) is 11.8 Å². The average Bonchev–Trinajstić information content (AvgIpc) is 2.79. The highest BCUT2D eigenvalue weighted by Crippen LogP contribution is 2.24. The molecule has 118 valence electrons. The second kappa shape index (κ2) is 6.46. The summed E-state index contributed by atoms with van der Waals surface area (Å²) in [5.74, 6) is 0.369. The van der Waals surface area contributed by atoms with Crippen molar-refractivity contribution in [3.8, 4) is 0 Å². The third-order valence-electron chi connectivity index (χ3n) is 3.86. The summed E-state index contributed by atoms with van der Waals surface area (Å²) in [5, 5.41) is 9.68. The number of benzene rings is 2. The molecule has 5 heteroatoms. The van der Waals surface area contributed by atoms with Crippen LogP contribution in [0.4, 0.5) is 5.69 Å². The zero-order chi connectivity index (χ0) is 16.4. The van der Waals surface area contributed by atoms with Crippen LogP contribution in [0.25, 0.3) is 10.8 Å². The minimum absolute atomic E-state index is 0.0117. The number of carbonyl (C=O) groups is 1. The summed E-state index contributed by atoms with van der Waals surface area (Å²) in [7, 11) is 1.88. The molecule has 1 aromatic heterocycles. The van der Waals surface area contributed by atoms with Crippen molar-refractivity contribution in [2.24, 2.45) is 7.05 Å². The Morgan fingerprint density at radius 1 is 1.17 bits per heavy atom. The standard InChI is InChI=1S/C18H19N3OS/c1-12-18(13(2)21(3)20-12)19-17(22)11-23-16-9-8-14-6-4-5-7-15(14)10-16/h4-10H,11H2,1-3H3,(H,19,22).